The fraction of sp³-hybridized carbons (Fsp3) is 0.375. The Morgan fingerprint density at radius 2 is 1.81 bits per heavy atom. The van der Waals surface area contributed by atoms with E-state index >= 15 is 0 Å². The lowest BCUT2D eigenvalue weighted by Crippen LogP contribution is -2.40. The summed E-state index contributed by atoms with van der Waals surface area (Å²) in [4.78, 5) is 16.9. The summed E-state index contributed by atoms with van der Waals surface area (Å²) < 4.78 is 6.19. The summed E-state index contributed by atoms with van der Waals surface area (Å²) in [6.07, 6.45) is 2.77. The minimum absolute atomic E-state index is 0.0400. The third kappa shape index (κ3) is 4.71. The fourth-order valence-corrected chi connectivity index (χ4v) is 4.25. The Morgan fingerprint density at radius 1 is 1.10 bits per heavy atom. The van der Waals surface area contributed by atoms with Gasteiger partial charge in [-0.15, -0.1) is 0 Å². The molecule has 0 aliphatic carbocycles. The zero-order valence-corrected chi connectivity index (χ0v) is 17.9. The highest BCUT2D eigenvalue weighted by Crippen LogP contribution is 2.27. The van der Waals surface area contributed by atoms with Crippen molar-refractivity contribution in [1.29, 1.82) is 10.8 Å². The van der Waals surface area contributed by atoms with E-state index in [1.807, 2.05) is 54.3 Å². The van der Waals surface area contributed by atoms with Gasteiger partial charge >= 0.3 is 0 Å². The van der Waals surface area contributed by atoms with E-state index in [1.165, 1.54) is 0 Å². The first kappa shape index (κ1) is 20.9. The summed E-state index contributed by atoms with van der Waals surface area (Å²) in [5.74, 6) is 1.52. The maximum atomic E-state index is 13.0. The van der Waals surface area contributed by atoms with Crippen molar-refractivity contribution in [2.75, 3.05) is 19.6 Å². The number of nitrogens with zero attached hydrogens (tertiary/aromatic N) is 2. The molecule has 7 nitrogen and oxygen atoms in total. The highest BCUT2D eigenvalue weighted by molar-refractivity contribution is 5.97. The SMILES string of the molecule is CC(=N)N1CCC(Oc2ccc3c(c2)CCN(Cc2ccc(C(=N)N)cc2)C3=O)CC1. The predicted octanol–water partition coefficient (Wildman–Crippen LogP) is 3.01. The Bertz CT molecular complexity index is 994. The number of rotatable bonds is 5. The summed E-state index contributed by atoms with van der Waals surface area (Å²) in [5, 5.41) is 15.2. The molecule has 0 bridgehead atoms. The van der Waals surface area contributed by atoms with Gasteiger partial charge in [-0.1, -0.05) is 24.3 Å². The van der Waals surface area contributed by atoms with E-state index in [4.69, 9.17) is 21.3 Å². The van der Waals surface area contributed by atoms with Crippen molar-refractivity contribution in [2.24, 2.45) is 5.73 Å². The third-order valence-corrected chi connectivity index (χ3v) is 6.10. The van der Waals surface area contributed by atoms with Crippen LogP contribution in [0.25, 0.3) is 0 Å². The number of benzene rings is 2. The molecular formula is C24H29N5O2. The first-order chi connectivity index (χ1) is 14.9. The van der Waals surface area contributed by atoms with Gasteiger partial charge < -0.3 is 20.3 Å². The monoisotopic (exact) mass is 419 g/mol. The lowest BCUT2D eigenvalue weighted by Gasteiger charge is -2.33. The summed E-state index contributed by atoms with van der Waals surface area (Å²) in [5.41, 5.74) is 9.00. The van der Waals surface area contributed by atoms with Gasteiger partial charge in [0.15, 0.2) is 0 Å². The molecule has 162 valence electrons. The lowest BCUT2D eigenvalue weighted by molar-refractivity contribution is 0.0726. The molecule has 2 aromatic rings. The molecule has 2 heterocycles. The molecule has 0 spiro atoms. The number of fused-ring (bicyclic) bond motifs is 1. The fourth-order valence-electron chi connectivity index (χ4n) is 4.25. The number of amides is 1. The van der Waals surface area contributed by atoms with Crippen LogP contribution in [-0.2, 0) is 13.0 Å². The average molecular weight is 420 g/mol. The topological polar surface area (TPSA) is 106 Å². The number of piperidine rings is 1. The van der Waals surface area contributed by atoms with E-state index in [0.29, 0.717) is 24.5 Å². The second-order valence-electron chi connectivity index (χ2n) is 8.30. The van der Waals surface area contributed by atoms with Gasteiger partial charge in [-0.25, -0.2) is 0 Å². The van der Waals surface area contributed by atoms with Crippen LogP contribution in [0, 0.1) is 10.8 Å². The van der Waals surface area contributed by atoms with Crippen molar-refractivity contribution >= 4 is 17.6 Å². The average Bonchev–Trinajstić information content (AvgIpc) is 2.76. The van der Waals surface area contributed by atoms with Crippen LogP contribution in [0.3, 0.4) is 0 Å². The van der Waals surface area contributed by atoms with Crippen molar-refractivity contribution in [2.45, 2.75) is 38.8 Å². The smallest absolute Gasteiger partial charge is 0.254 e. The minimum atomic E-state index is 0.0400. The van der Waals surface area contributed by atoms with Gasteiger partial charge in [0.1, 0.15) is 17.7 Å². The second kappa shape index (κ2) is 8.79. The first-order valence-corrected chi connectivity index (χ1v) is 10.7. The molecule has 7 heteroatoms. The minimum Gasteiger partial charge on any atom is -0.490 e. The quantitative estimate of drug-likeness (QED) is 0.511. The van der Waals surface area contributed by atoms with Crippen molar-refractivity contribution in [3.63, 3.8) is 0 Å². The molecule has 0 aromatic heterocycles. The molecule has 1 fully saturated rings. The second-order valence-corrected chi connectivity index (χ2v) is 8.30. The van der Waals surface area contributed by atoms with Gasteiger partial charge in [0.05, 0.1) is 5.84 Å². The van der Waals surface area contributed by atoms with E-state index < -0.39 is 0 Å². The molecule has 4 rings (SSSR count). The van der Waals surface area contributed by atoms with E-state index in [0.717, 1.165) is 54.8 Å². The predicted molar refractivity (Wildman–Crippen MR) is 121 cm³/mol. The molecule has 0 saturated carbocycles. The van der Waals surface area contributed by atoms with Gasteiger partial charge in [-0.05, 0) is 42.7 Å². The Morgan fingerprint density at radius 3 is 2.45 bits per heavy atom. The van der Waals surface area contributed by atoms with Gasteiger partial charge in [0.2, 0.25) is 0 Å². The normalized spacial score (nSPS) is 16.7. The Labute approximate surface area is 182 Å². The van der Waals surface area contributed by atoms with Crippen LogP contribution in [0.5, 0.6) is 5.75 Å². The molecule has 1 saturated heterocycles. The van der Waals surface area contributed by atoms with E-state index in [1.54, 1.807) is 0 Å². The number of nitrogens with one attached hydrogen (secondary N) is 2. The third-order valence-electron chi connectivity index (χ3n) is 6.10. The molecule has 31 heavy (non-hydrogen) atoms. The number of likely N-dealkylation sites (tertiary alicyclic amines) is 1. The number of carbonyl (C=O) groups is 1. The maximum absolute atomic E-state index is 13.0. The summed E-state index contributed by atoms with van der Waals surface area (Å²) in [6, 6.07) is 13.3. The Balaban J connectivity index is 1.38. The summed E-state index contributed by atoms with van der Waals surface area (Å²) in [7, 11) is 0. The van der Waals surface area contributed by atoms with Crippen molar-refractivity contribution in [1.82, 2.24) is 9.80 Å². The zero-order valence-electron chi connectivity index (χ0n) is 17.9. The van der Waals surface area contributed by atoms with Crippen LogP contribution < -0.4 is 10.5 Å². The molecule has 1 amide bonds. The summed E-state index contributed by atoms with van der Waals surface area (Å²) in [6.45, 7) is 4.74. The van der Waals surface area contributed by atoms with Gasteiger partial charge in [-0.3, -0.25) is 15.6 Å². The Kier molecular flexibility index (Phi) is 5.93. The first-order valence-electron chi connectivity index (χ1n) is 10.7. The molecule has 4 N–H and O–H groups in total. The van der Waals surface area contributed by atoms with Crippen LogP contribution in [0.4, 0.5) is 0 Å². The van der Waals surface area contributed by atoms with Gasteiger partial charge in [0.25, 0.3) is 5.91 Å². The van der Waals surface area contributed by atoms with Gasteiger partial charge in [-0.2, -0.15) is 0 Å². The Hall–Kier alpha value is -3.35. The number of carbonyl (C=O) groups excluding carboxylic acids is 1. The molecule has 2 aliphatic heterocycles. The van der Waals surface area contributed by atoms with Gasteiger partial charge in [0, 0.05) is 50.1 Å². The zero-order chi connectivity index (χ0) is 22.0. The standard InChI is InChI=1S/C24H29N5O2/c1-16(25)28-12-9-20(10-13-28)31-21-6-7-22-19(14-21)8-11-29(24(22)30)15-17-2-4-18(5-3-17)23(26)27/h2-7,14,20,25H,8-13,15H2,1H3,(H3,26,27). The summed E-state index contributed by atoms with van der Waals surface area (Å²) >= 11 is 0. The van der Waals surface area contributed by atoms with Crippen LogP contribution in [0.2, 0.25) is 0 Å². The van der Waals surface area contributed by atoms with Crippen molar-refractivity contribution < 1.29 is 9.53 Å². The molecule has 2 aliphatic rings. The van der Waals surface area contributed by atoms with Crippen LogP contribution >= 0.6 is 0 Å². The number of hydrogen-bond donors (Lipinski definition) is 3. The number of ether oxygens (including phenoxy) is 1. The molecule has 2 aromatic carbocycles. The number of amidine groups is 2. The maximum Gasteiger partial charge on any atom is 0.254 e. The largest absolute Gasteiger partial charge is 0.490 e. The van der Waals surface area contributed by atoms with Crippen LogP contribution in [0.15, 0.2) is 42.5 Å². The highest BCUT2D eigenvalue weighted by Gasteiger charge is 2.26. The van der Waals surface area contributed by atoms with E-state index in [9.17, 15) is 4.79 Å². The molecule has 0 atom stereocenters. The van der Waals surface area contributed by atoms with Crippen molar-refractivity contribution in [3.8, 4) is 5.75 Å². The number of nitrogens with two attached hydrogens (primary N) is 1. The van der Waals surface area contributed by atoms with E-state index in [-0.39, 0.29) is 17.8 Å². The van der Waals surface area contributed by atoms with E-state index in [2.05, 4.69) is 4.90 Å². The number of nitrogen functional groups attached to an aromatic ring is 1. The lowest BCUT2D eigenvalue weighted by atomic mass is 9.98. The molecule has 0 radical (unpaired) electrons. The highest BCUT2D eigenvalue weighted by atomic mass is 16.5. The number of hydrogen-bond acceptors (Lipinski definition) is 4. The van der Waals surface area contributed by atoms with Crippen LogP contribution in [-0.4, -0.2) is 53.1 Å². The van der Waals surface area contributed by atoms with Crippen LogP contribution in [0.1, 0.15) is 46.8 Å². The molecular weight excluding hydrogens is 390 g/mol. The molecule has 0 unspecified atom stereocenters. The van der Waals surface area contributed by atoms with Crippen molar-refractivity contribution in [3.05, 3.63) is 64.7 Å².